The van der Waals surface area contributed by atoms with Crippen molar-refractivity contribution in [2.45, 2.75) is 13.1 Å². The van der Waals surface area contributed by atoms with Crippen molar-refractivity contribution in [3.05, 3.63) is 66.6 Å². The largest absolute Gasteiger partial charge is 0.451 e. The quantitative estimate of drug-likeness (QED) is 0.475. The minimum Gasteiger partial charge on any atom is -0.451 e. The smallest absolute Gasteiger partial charge is 0.180 e. The summed E-state index contributed by atoms with van der Waals surface area (Å²) < 4.78 is 10.6. The van der Waals surface area contributed by atoms with Gasteiger partial charge in [-0.3, -0.25) is 14.8 Å². The lowest BCUT2D eigenvalue weighted by molar-refractivity contribution is 0.0337. The van der Waals surface area contributed by atoms with Crippen LogP contribution in [0.3, 0.4) is 0 Å². The van der Waals surface area contributed by atoms with E-state index in [0.29, 0.717) is 0 Å². The van der Waals surface area contributed by atoms with Gasteiger partial charge in [0, 0.05) is 86.4 Å². The Balaban J connectivity index is 1.14. The number of benzene rings is 1. The van der Waals surface area contributed by atoms with Gasteiger partial charge < -0.3 is 19.0 Å². The van der Waals surface area contributed by atoms with Crippen LogP contribution in [0, 0.1) is 0 Å². The zero-order valence-electron chi connectivity index (χ0n) is 19.3. The summed E-state index contributed by atoms with van der Waals surface area (Å²) >= 11 is 0. The summed E-state index contributed by atoms with van der Waals surface area (Å²) in [5.41, 5.74) is 6.81. The van der Waals surface area contributed by atoms with E-state index >= 15 is 0 Å². The molecular weight excluding hydrogens is 428 g/mol. The van der Waals surface area contributed by atoms with Gasteiger partial charge in [-0.1, -0.05) is 12.1 Å². The molecule has 0 bridgehead atoms. The Kier molecular flexibility index (Phi) is 6.01. The SMILES string of the molecule is c1cc2[nH]c(CN3CCOCC3)cc2c(-c2ccc(N3CCN(Cc4cocn4)CC3)cc2)n1. The first kappa shape index (κ1) is 21.3. The Bertz CT molecular complexity index is 1210. The van der Waals surface area contributed by atoms with E-state index in [4.69, 9.17) is 14.1 Å². The summed E-state index contributed by atoms with van der Waals surface area (Å²) in [4.78, 5) is 19.9. The molecule has 2 aliphatic heterocycles. The maximum absolute atomic E-state index is 5.48. The summed E-state index contributed by atoms with van der Waals surface area (Å²) in [6, 6.07) is 13.2. The molecule has 4 aromatic rings. The number of aromatic amines is 1. The highest BCUT2D eigenvalue weighted by Gasteiger charge is 2.19. The highest BCUT2D eigenvalue weighted by atomic mass is 16.5. The average Bonchev–Trinajstić information content (AvgIpc) is 3.55. The first-order chi connectivity index (χ1) is 16.8. The van der Waals surface area contributed by atoms with Crippen LogP contribution in [0.5, 0.6) is 0 Å². The number of fused-ring (bicyclic) bond motifs is 1. The molecule has 8 nitrogen and oxygen atoms in total. The molecule has 6 rings (SSSR count). The molecule has 2 aliphatic rings. The van der Waals surface area contributed by atoms with E-state index in [0.717, 1.165) is 88.0 Å². The first-order valence-electron chi connectivity index (χ1n) is 12.0. The second-order valence-electron chi connectivity index (χ2n) is 9.09. The molecule has 1 N–H and O–H groups in total. The molecule has 8 heteroatoms. The van der Waals surface area contributed by atoms with Crippen molar-refractivity contribution in [1.29, 1.82) is 0 Å². The van der Waals surface area contributed by atoms with E-state index in [9.17, 15) is 0 Å². The third kappa shape index (κ3) is 4.57. The lowest BCUT2D eigenvalue weighted by Crippen LogP contribution is -2.46. The minimum atomic E-state index is 0.816. The van der Waals surface area contributed by atoms with Gasteiger partial charge in [-0.25, -0.2) is 4.98 Å². The molecule has 176 valence electrons. The zero-order chi connectivity index (χ0) is 22.7. The maximum Gasteiger partial charge on any atom is 0.180 e. The molecule has 0 atom stereocenters. The van der Waals surface area contributed by atoms with Crippen molar-refractivity contribution >= 4 is 16.6 Å². The van der Waals surface area contributed by atoms with Crippen LogP contribution in [0.25, 0.3) is 22.2 Å². The number of morpholine rings is 1. The fraction of sp³-hybridized carbons (Fsp3) is 0.385. The summed E-state index contributed by atoms with van der Waals surface area (Å²) in [6.07, 6.45) is 5.13. The van der Waals surface area contributed by atoms with Gasteiger partial charge in [0.05, 0.1) is 24.6 Å². The lowest BCUT2D eigenvalue weighted by atomic mass is 10.1. The second-order valence-corrected chi connectivity index (χ2v) is 9.09. The fourth-order valence-electron chi connectivity index (χ4n) is 4.97. The number of hydrogen-bond acceptors (Lipinski definition) is 7. The molecule has 3 aromatic heterocycles. The number of rotatable bonds is 6. The number of H-pyrrole nitrogens is 1. The monoisotopic (exact) mass is 458 g/mol. The number of oxazole rings is 1. The average molecular weight is 459 g/mol. The molecule has 0 saturated carbocycles. The molecule has 1 aromatic carbocycles. The summed E-state index contributed by atoms with van der Waals surface area (Å²) in [5, 5.41) is 1.18. The van der Waals surface area contributed by atoms with Crippen LogP contribution in [-0.4, -0.2) is 77.2 Å². The highest BCUT2D eigenvalue weighted by Crippen LogP contribution is 2.29. The normalized spacial score (nSPS) is 18.1. The summed E-state index contributed by atoms with van der Waals surface area (Å²) in [5.74, 6) is 0. The van der Waals surface area contributed by atoms with E-state index in [1.165, 1.54) is 23.2 Å². The van der Waals surface area contributed by atoms with Gasteiger partial charge in [0.1, 0.15) is 6.26 Å². The standard InChI is InChI=1S/C26H30N6O2/c1-3-23(32-9-7-30(8-10-32)17-22-18-34-19-28-22)4-2-20(1)26-24-15-21(29-25(24)5-6-27-26)16-31-11-13-33-14-12-31/h1-6,15,18-19,29H,7-14,16-17H2. The topological polar surface area (TPSA) is 73.7 Å². The number of pyridine rings is 1. The molecular formula is C26H30N6O2. The number of anilines is 1. The Morgan fingerprint density at radius 3 is 2.41 bits per heavy atom. The lowest BCUT2D eigenvalue weighted by Gasteiger charge is -2.35. The number of aromatic nitrogens is 3. The van der Waals surface area contributed by atoms with E-state index in [-0.39, 0.29) is 0 Å². The van der Waals surface area contributed by atoms with E-state index < -0.39 is 0 Å². The Labute approximate surface area is 199 Å². The molecule has 0 radical (unpaired) electrons. The number of ether oxygens (including phenoxy) is 1. The van der Waals surface area contributed by atoms with Crippen LogP contribution in [0.15, 0.2) is 59.7 Å². The summed E-state index contributed by atoms with van der Waals surface area (Å²) in [7, 11) is 0. The van der Waals surface area contributed by atoms with Crippen molar-refractivity contribution in [1.82, 2.24) is 24.8 Å². The van der Waals surface area contributed by atoms with Gasteiger partial charge in [0.25, 0.3) is 0 Å². The van der Waals surface area contributed by atoms with Gasteiger partial charge in [0.15, 0.2) is 6.39 Å². The van der Waals surface area contributed by atoms with Crippen LogP contribution >= 0.6 is 0 Å². The van der Waals surface area contributed by atoms with Crippen molar-refractivity contribution in [2.75, 3.05) is 57.4 Å². The Morgan fingerprint density at radius 2 is 1.65 bits per heavy atom. The van der Waals surface area contributed by atoms with Crippen molar-refractivity contribution in [2.24, 2.45) is 0 Å². The molecule has 2 fully saturated rings. The third-order valence-electron chi connectivity index (χ3n) is 6.85. The Hall–Kier alpha value is -3.20. The van der Waals surface area contributed by atoms with E-state index in [1.54, 1.807) is 6.26 Å². The van der Waals surface area contributed by atoms with Crippen LogP contribution < -0.4 is 4.90 Å². The number of piperazine rings is 1. The molecule has 2 saturated heterocycles. The number of nitrogens with zero attached hydrogens (tertiary/aromatic N) is 5. The molecule has 0 amide bonds. The number of nitrogens with one attached hydrogen (secondary N) is 1. The molecule has 34 heavy (non-hydrogen) atoms. The van der Waals surface area contributed by atoms with Crippen molar-refractivity contribution in [3.8, 4) is 11.3 Å². The third-order valence-corrected chi connectivity index (χ3v) is 6.85. The molecule has 0 aliphatic carbocycles. The highest BCUT2D eigenvalue weighted by molar-refractivity contribution is 5.93. The van der Waals surface area contributed by atoms with Gasteiger partial charge in [0.2, 0.25) is 0 Å². The van der Waals surface area contributed by atoms with Gasteiger partial charge in [-0.2, -0.15) is 0 Å². The van der Waals surface area contributed by atoms with Crippen LogP contribution in [0.4, 0.5) is 5.69 Å². The molecule has 0 spiro atoms. The van der Waals surface area contributed by atoms with Gasteiger partial charge in [-0.15, -0.1) is 0 Å². The van der Waals surface area contributed by atoms with E-state index in [1.807, 2.05) is 6.20 Å². The van der Waals surface area contributed by atoms with Crippen molar-refractivity contribution < 1.29 is 9.15 Å². The van der Waals surface area contributed by atoms with Gasteiger partial charge in [-0.05, 0) is 24.3 Å². The Morgan fingerprint density at radius 1 is 0.853 bits per heavy atom. The zero-order valence-corrected chi connectivity index (χ0v) is 19.3. The van der Waals surface area contributed by atoms with Crippen molar-refractivity contribution in [3.63, 3.8) is 0 Å². The number of hydrogen-bond donors (Lipinski definition) is 1. The van der Waals surface area contributed by atoms with E-state index in [2.05, 4.69) is 61.1 Å². The fourth-order valence-corrected chi connectivity index (χ4v) is 4.97. The molecule has 0 unspecified atom stereocenters. The predicted octanol–water partition coefficient (Wildman–Crippen LogP) is 3.37. The maximum atomic E-state index is 5.48. The van der Waals surface area contributed by atoms with Crippen LogP contribution in [-0.2, 0) is 17.8 Å². The second kappa shape index (κ2) is 9.58. The van der Waals surface area contributed by atoms with Crippen LogP contribution in [0.2, 0.25) is 0 Å². The predicted molar refractivity (Wildman–Crippen MR) is 132 cm³/mol. The first-order valence-corrected chi connectivity index (χ1v) is 12.0. The van der Waals surface area contributed by atoms with Gasteiger partial charge >= 0.3 is 0 Å². The molecule has 5 heterocycles. The van der Waals surface area contributed by atoms with Crippen LogP contribution in [0.1, 0.15) is 11.4 Å². The minimum absolute atomic E-state index is 0.816. The summed E-state index contributed by atoms with van der Waals surface area (Å²) in [6.45, 7) is 9.41.